The molecule has 0 amide bonds. The summed E-state index contributed by atoms with van der Waals surface area (Å²) in [5.74, 6) is 1.99. The summed E-state index contributed by atoms with van der Waals surface area (Å²) in [5, 5.41) is 12.7. The van der Waals surface area contributed by atoms with Crippen molar-refractivity contribution >= 4 is 34.1 Å². The number of hydrogen-bond acceptors (Lipinski definition) is 6. The summed E-state index contributed by atoms with van der Waals surface area (Å²) < 4.78 is 13.5. The van der Waals surface area contributed by atoms with Crippen molar-refractivity contribution in [1.29, 1.82) is 0 Å². The van der Waals surface area contributed by atoms with Gasteiger partial charge in [0.1, 0.15) is 23.3 Å². The van der Waals surface area contributed by atoms with Crippen LogP contribution in [0.4, 0.5) is 11.5 Å². The number of hydrogen-bond donors (Lipinski definition) is 2. The van der Waals surface area contributed by atoms with E-state index in [1.165, 1.54) is 11.9 Å². The van der Waals surface area contributed by atoms with Gasteiger partial charge in [-0.15, -0.1) is 0 Å². The van der Waals surface area contributed by atoms with Crippen molar-refractivity contribution in [2.45, 2.75) is 32.7 Å². The Bertz CT molecular complexity index is 1270. The number of aliphatic hydroxyl groups excluding tert-OH is 1. The number of aliphatic hydroxyl groups is 1. The lowest BCUT2D eigenvalue weighted by Gasteiger charge is -2.20. The minimum atomic E-state index is 0.00480. The third-order valence-electron chi connectivity index (χ3n) is 5.38. The standard InChI is InChI=1S/C26H29ClN4O3/c1-26(2,3)18-5-4-6-20(15-18)34-23-8-7-19(16-21(23)27)30-25-24-22(28-17-29-25)9-10-31(24)11-13-33-14-12-32/h4-10,15-17,32H,11-14H2,1-3H3,(H,28,29,30). The van der Waals surface area contributed by atoms with Gasteiger partial charge in [-0.2, -0.15) is 0 Å². The van der Waals surface area contributed by atoms with Gasteiger partial charge in [0.05, 0.1) is 30.4 Å². The molecule has 0 saturated carbocycles. The van der Waals surface area contributed by atoms with Gasteiger partial charge in [0, 0.05) is 18.4 Å². The van der Waals surface area contributed by atoms with E-state index >= 15 is 0 Å². The Morgan fingerprint density at radius 1 is 1.06 bits per heavy atom. The Balaban J connectivity index is 1.52. The van der Waals surface area contributed by atoms with Crippen LogP contribution in [-0.4, -0.2) is 39.5 Å². The predicted octanol–water partition coefficient (Wildman–Crippen LogP) is 5.93. The molecule has 0 fully saturated rings. The third kappa shape index (κ3) is 5.67. The molecule has 0 unspecified atom stereocenters. The van der Waals surface area contributed by atoms with Crippen LogP contribution in [0.1, 0.15) is 26.3 Å². The van der Waals surface area contributed by atoms with Gasteiger partial charge in [-0.05, 0) is 47.4 Å². The van der Waals surface area contributed by atoms with Crippen LogP contribution in [0.5, 0.6) is 11.5 Å². The number of anilines is 2. The lowest BCUT2D eigenvalue weighted by atomic mass is 9.87. The Morgan fingerprint density at radius 2 is 1.91 bits per heavy atom. The van der Waals surface area contributed by atoms with E-state index in [0.717, 1.165) is 22.5 Å². The summed E-state index contributed by atoms with van der Waals surface area (Å²) in [4.78, 5) is 8.79. The minimum Gasteiger partial charge on any atom is -0.456 e. The molecule has 7 nitrogen and oxygen atoms in total. The minimum absolute atomic E-state index is 0.00480. The first-order valence-electron chi connectivity index (χ1n) is 11.2. The topological polar surface area (TPSA) is 81.4 Å². The first kappa shape index (κ1) is 24.0. The van der Waals surface area contributed by atoms with E-state index in [9.17, 15) is 0 Å². The van der Waals surface area contributed by atoms with E-state index in [0.29, 0.717) is 36.3 Å². The van der Waals surface area contributed by atoms with E-state index in [-0.39, 0.29) is 12.0 Å². The van der Waals surface area contributed by atoms with Crippen molar-refractivity contribution in [3.63, 3.8) is 0 Å². The van der Waals surface area contributed by atoms with Gasteiger partial charge in [0.15, 0.2) is 5.82 Å². The quantitative estimate of drug-likeness (QED) is 0.289. The van der Waals surface area contributed by atoms with E-state index in [2.05, 4.69) is 42.1 Å². The Kier molecular flexibility index (Phi) is 7.36. The third-order valence-corrected chi connectivity index (χ3v) is 5.68. The molecule has 0 saturated heterocycles. The van der Waals surface area contributed by atoms with Crippen LogP contribution in [0.25, 0.3) is 11.0 Å². The van der Waals surface area contributed by atoms with Crippen molar-refractivity contribution in [3.05, 3.63) is 71.6 Å². The van der Waals surface area contributed by atoms with Crippen LogP contribution in [0.15, 0.2) is 61.1 Å². The predicted molar refractivity (Wildman–Crippen MR) is 135 cm³/mol. The average molecular weight is 481 g/mol. The molecular weight excluding hydrogens is 452 g/mol. The zero-order valence-corrected chi connectivity index (χ0v) is 20.3. The second-order valence-electron chi connectivity index (χ2n) is 8.95. The first-order chi connectivity index (χ1) is 16.3. The molecule has 2 aromatic heterocycles. The lowest BCUT2D eigenvalue weighted by molar-refractivity contribution is 0.0875. The number of nitrogens with zero attached hydrogens (tertiary/aromatic N) is 3. The highest BCUT2D eigenvalue weighted by Crippen LogP contribution is 2.35. The summed E-state index contributed by atoms with van der Waals surface area (Å²) in [5.41, 5.74) is 3.69. The molecule has 0 aliphatic heterocycles. The van der Waals surface area contributed by atoms with Gasteiger partial charge >= 0.3 is 0 Å². The molecule has 2 aromatic carbocycles. The fourth-order valence-corrected chi connectivity index (χ4v) is 3.81. The summed E-state index contributed by atoms with van der Waals surface area (Å²) >= 11 is 6.56. The maximum Gasteiger partial charge on any atom is 0.158 e. The Hall–Kier alpha value is -3.13. The normalized spacial score (nSPS) is 11.7. The molecule has 0 aliphatic carbocycles. The fourth-order valence-electron chi connectivity index (χ4n) is 3.59. The molecule has 0 aliphatic rings. The van der Waals surface area contributed by atoms with E-state index in [1.54, 1.807) is 0 Å². The zero-order valence-electron chi connectivity index (χ0n) is 19.6. The maximum absolute atomic E-state index is 8.89. The summed E-state index contributed by atoms with van der Waals surface area (Å²) in [7, 11) is 0. The number of fused-ring (bicyclic) bond motifs is 1. The van der Waals surface area contributed by atoms with Crippen LogP contribution >= 0.6 is 11.6 Å². The van der Waals surface area contributed by atoms with Crippen LogP contribution in [0.2, 0.25) is 5.02 Å². The molecule has 0 radical (unpaired) electrons. The zero-order chi connectivity index (χ0) is 24.1. The number of ether oxygens (including phenoxy) is 2. The molecule has 178 valence electrons. The average Bonchev–Trinajstić information content (AvgIpc) is 3.22. The highest BCUT2D eigenvalue weighted by Gasteiger charge is 2.15. The lowest BCUT2D eigenvalue weighted by Crippen LogP contribution is -2.10. The Labute approximate surface area is 204 Å². The van der Waals surface area contributed by atoms with Crippen molar-refractivity contribution in [2.75, 3.05) is 25.1 Å². The summed E-state index contributed by atoms with van der Waals surface area (Å²) in [6.07, 6.45) is 3.47. The number of aromatic nitrogens is 3. The van der Waals surface area contributed by atoms with Gasteiger partial charge in [-0.1, -0.05) is 44.5 Å². The molecular formula is C26H29ClN4O3. The van der Waals surface area contributed by atoms with Crippen LogP contribution in [0.3, 0.4) is 0 Å². The van der Waals surface area contributed by atoms with Crippen molar-refractivity contribution in [3.8, 4) is 11.5 Å². The number of rotatable bonds is 9. The Morgan fingerprint density at radius 3 is 2.68 bits per heavy atom. The summed E-state index contributed by atoms with van der Waals surface area (Å²) in [6.45, 7) is 7.92. The van der Waals surface area contributed by atoms with E-state index < -0.39 is 0 Å². The fraction of sp³-hybridized carbons (Fsp3) is 0.308. The van der Waals surface area contributed by atoms with E-state index in [4.69, 9.17) is 26.2 Å². The molecule has 4 rings (SSSR count). The largest absolute Gasteiger partial charge is 0.456 e. The van der Waals surface area contributed by atoms with Crippen molar-refractivity contribution < 1.29 is 14.6 Å². The van der Waals surface area contributed by atoms with Crippen LogP contribution in [0, 0.1) is 0 Å². The van der Waals surface area contributed by atoms with Crippen molar-refractivity contribution in [1.82, 2.24) is 14.5 Å². The van der Waals surface area contributed by atoms with Gasteiger partial charge < -0.3 is 24.5 Å². The smallest absolute Gasteiger partial charge is 0.158 e. The molecule has 34 heavy (non-hydrogen) atoms. The highest BCUT2D eigenvalue weighted by molar-refractivity contribution is 6.32. The van der Waals surface area contributed by atoms with E-state index in [1.807, 2.05) is 53.2 Å². The first-order valence-corrected chi connectivity index (χ1v) is 11.6. The molecule has 8 heteroatoms. The van der Waals surface area contributed by atoms with Gasteiger partial charge in [0.2, 0.25) is 0 Å². The molecule has 4 aromatic rings. The number of nitrogens with one attached hydrogen (secondary N) is 1. The van der Waals surface area contributed by atoms with Crippen LogP contribution < -0.4 is 10.1 Å². The van der Waals surface area contributed by atoms with Gasteiger partial charge in [-0.3, -0.25) is 0 Å². The molecule has 0 atom stereocenters. The molecule has 0 bridgehead atoms. The number of benzene rings is 2. The van der Waals surface area contributed by atoms with Gasteiger partial charge in [0.25, 0.3) is 0 Å². The van der Waals surface area contributed by atoms with Crippen molar-refractivity contribution in [2.24, 2.45) is 0 Å². The maximum atomic E-state index is 8.89. The van der Waals surface area contributed by atoms with Crippen LogP contribution in [-0.2, 0) is 16.7 Å². The molecule has 0 spiro atoms. The second kappa shape index (κ2) is 10.4. The highest BCUT2D eigenvalue weighted by atomic mass is 35.5. The monoisotopic (exact) mass is 480 g/mol. The molecule has 2 heterocycles. The van der Waals surface area contributed by atoms with Gasteiger partial charge in [-0.25, -0.2) is 9.97 Å². The number of halogens is 1. The SMILES string of the molecule is CC(C)(C)c1cccc(Oc2ccc(Nc3ncnc4ccn(CCOCCO)c34)cc2Cl)c1. The summed E-state index contributed by atoms with van der Waals surface area (Å²) in [6, 6.07) is 15.5. The second-order valence-corrected chi connectivity index (χ2v) is 9.36. The molecule has 2 N–H and O–H groups in total.